The highest BCUT2D eigenvalue weighted by atomic mass is 32.2. The first-order valence-corrected chi connectivity index (χ1v) is 36.8. The summed E-state index contributed by atoms with van der Waals surface area (Å²) in [4.78, 5) is 13.6. The number of benzene rings is 16. The summed E-state index contributed by atoms with van der Waals surface area (Å²) in [7, 11) is 0. The highest BCUT2D eigenvalue weighted by molar-refractivity contribution is 8.00. The van der Waals surface area contributed by atoms with Gasteiger partial charge in [0.25, 0.3) is 6.71 Å². The van der Waals surface area contributed by atoms with E-state index in [1.807, 2.05) is 17.0 Å². The number of hydrogen-bond acceptors (Lipinski definition) is 6. The first-order chi connectivity index (χ1) is 52.5. The van der Waals surface area contributed by atoms with E-state index < -0.39 is 18.3 Å². The smallest absolute Gasteiger partial charge is 0.252 e. The van der Waals surface area contributed by atoms with E-state index in [1.54, 1.807) is 11.8 Å². The maximum absolute atomic E-state index is 18.2. The number of halogens is 2. The predicted molar refractivity (Wildman–Crippen MR) is 441 cm³/mol. The molecule has 16 aromatic carbocycles. The number of para-hydroxylation sites is 9. The van der Waals surface area contributed by atoms with E-state index in [4.69, 9.17) is 0 Å². The van der Waals surface area contributed by atoms with Crippen molar-refractivity contribution >= 4 is 143 Å². The van der Waals surface area contributed by atoms with Gasteiger partial charge < -0.3 is 24.5 Å². The van der Waals surface area contributed by atoms with Crippen LogP contribution in [0.15, 0.2) is 392 Å². The Morgan fingerprint density at radius 1 is 0.236 bits per heavy atom. The van der Waals surface area contributed by atoms with E-state index in [2.05, 4.69) is 371 Å². The van der Waals surface area contributed by atoms with Crippen molar-refractivity contribution in [1.82, 2.24) is 0 Å². The zero-order valence-electron chi connectivity index (χ0n) is 57.4. The van der Waals surface area contributed by atoms with Crippen LogP contribution >= 0.6 is 11.8 Å². The fourth-order valence-corrected chi connectivity index (χ4v) is 18.2. The SMILES string of the molecule is Fc1cccc(F)c1N1c2cc3c(cc2B2c4ccccc4N(c4ccccc4-c4ccccc4)c4cc(N(c5ccccc5)c5ccccc5-c5ccccc5)cc1c42)B1c2ccccc2N(c2ccccc2-c2ccccc2)c2cc(N(c4ccccc4)c4ccccc4-c4ccccc4)cc(c21)S3. The molecule has 5 nitrogen and oxygen atoms in total. The summed E-state index contributed by atoms with van der Waals surface area (Å²) in [5.74, 6) is -1.36. The zero-order chi connectivity index (χ0) is 70.3. The lowest BCUT2D eigenvalue weighted by atomic mass is 9.31. The van der Waals surface area contributed by atoms with Crippen LogP contribution in [0.3, 0.4) is 0 Å². The van der Waals surface area contributed by atoms with Crippen molar-refractivity contribution in [3.05, 3.63) is 394 Å². The predicted octanol–water partition coefficient (Wildman–Crippen LogP) is 22.4. The van der Waals surface area contributed by atoms with Crippen LogP contribution in [0.1, 0.15) is 0 Å². The maximum atomic E-state index is 18.2. The summed E-state index contributed by atoms with van der Waals surface area (Å²) < 4.78 is 36.3. The lowest BCUT2D eigenvalue weighted by molar-refractivity contribution is 0.586. The van der Waals surface area contributed by atoms with Crippen LogP contribution < -0.4 is 57.3 Å². The maximum Gasteiger partial charge on any atom is 0.252 e. The van der Waals surface area contributed by atoms with Crippen molar-refractivity contribution in [2.75, 3.05) is 24.5 Å². The molecule has 0 saturated carbocycles. The molecular weight excluding hydrogens is 1310 g/mol. The quantitative estimate of drug-likeness (QED) is 0.106. The Balaban J connectivity index is 0.883. The lowest BCUT2D eigenvalue weighted by Crippen LogP contribution is -2.64. The van der Waals surface area contributed by atoms with E-state index >= 15 is 8.78 Å². The van der Waals surface area contributed by atoms with E-state index in [-0.39, 0.29) is 12.4 Å². The summed E-state index contributed by atoms with van der Waals surface area (Å²) in [6.45, 7) is -0.758. The Morgan fingerprint density at radius 2 is 0.594 bits per heavy atom. The van der Waals surface area contributed by atoms with E-state index in [9.17, 15) is 0 Å². The molecule has 0 saturated heterocycles. The highest BCUT2D eigenvalue weighted by Crippen LogP contribution is 2.54. The van der Waals surface area contributed by atoms with Gasteiger partial charge in [-0.05, 0) is 153 Å². The van der Waals surface area contributed by atoms with Gasteiger partial charge >= 0.3 is 0 Å². The Kier molecular flexibility index (Phi) is 15.3. The lowest BCUT2D eigenvalue weighted by Gasteiger charge is -2.46. The third-order valence-corrected chi connectivity index (χ3v) is 22.5. The monoisotopic (exact) mass is 1380 g/mol. The minimum atomic E-state index is -0.681. The summed E-state index contributed by atoms with van der Waals surface area (Å²) in [5.41, 5.74) is 27.7. The van der Waals surface area contributed by atoms with Gasteiger partial charge in [-0.25, -0.2) is 8.78 Å². The Hall–Kier alpha value is -13.1. The molecule has 106 heavy (non-hydrogen) atoms. The Morgan fingerprint density at radius 3 is 1.07 bits per heavy atom. The second-order valence-corrected chi connectivity index (χ2v) is 28.3. The van der Waals surface area contributed by atoms with Crippen molar-refractivity contribution in [1.29, 1.82) is 0 Å². The molecule has 0 fully saturated rings. The topological polar surface area (TPSA) is 16.2 Å². The van der Waals surface area contributed by atoms with Gasteiger partial charge in [-0.15, -0.1) is 0 Å². The summed E-state index contributed by atoms with van der Waals surface area (Å²) in [5, 5.41) is 0. The molecule has 0 aromatic heterocycles. The summed E-state index contributed by atoms with van der Waals surface area (Å²) in [6, 6.07) is 134. The summed E-state index contributed by atoms with van der Waals surface area (Å²) >= 11 is 1.73. The van der Waals surface area contributed by atoms with Gasteiger partial charge in [-0.3, -0.25) is 0 Å². The molecule has 0 N–H and O–H groups in total. The van der Waals surface area contributed by atoms with Gasteiger partial charge in [-0.1, -0.05) is 296 Å². The molecular formula is C96H63B2F2N5S. The molecule has 20 rings (SSSR count). The number of nitrogens with zero attached hydrogens (tertiary/aromatic N) is 5. The molecule has 0 spiro atoms. The van der Waals surface area contributed by atoms with Gasteiger partial charge in [0.15, 0.2) is 0 Å². The van der Waals surface area contributed by atoms with E-state index in [1.165, 1.54) is 23.7 Å². The molecule has 4 aliphatic heterocycles. The van der Waals surface area contributed by atoms with Crippen LogP contribution in [-0.4, -0.2) is 13.4 Å². The van der Waals surface area contributed by atoms with Crippen LogP contribution in [0.25, 0.3) is 44.5 Å². The molecule has 0 aliphatic carbocycles. The van der Waals surface area contributed by atoms with Crippen molar-refractivity contribution in [3.8, 4) is 44.5 Å². The second-order valence-electron chi connectivity index (χ2n) is 27.3. The average Bonchev–Trinajstić information content (AvgIpc) is 0.682. The fraction of sp³-hybridized carbons (Fsp3) is 0. The molecule has 16 aromatic rings. The third kappa shape index (κ3) is 10.3. The van der Waals surface area contributed by atoms with Crippen molar-refractivity contribution in [2.24, 2.45) is 0 Å². The summed E-state index contributed by atoms with van der Waals surface area (Å²) in [6.07, 6.45) is 0. The van der Waals surface area contributed by atoms with Crippen molar-refractivity contribution < 1.29 is 8.78 Å². The van der Waals surface area contributed by atoms with Gasteiger partial charge in [0.05, 0.1) is 28.4 Å². The molecule has 0 atom stereocenters. The molecule has 10 heteroatoms. The van der Waals surface area contributed by atoms with Crippen LogP contribution in [0.4, 0.5) is 94.1 Å². The molecule has 498 valence electrons. The van der Waals surface area contributed by atoms with Crippen LogP contribution in [0.2, 0.25) is 0 Å². The van der Waals surface area contributed by atoms with Gasteiger partial charge in [0.1, 0.15) is 17.3 Å². The number of hydrogen-bond donors (Lipinski definition) is 0. The number of rotatable bonds is 13. The minimum absolute atomic E-state index is 0.162. The van der Waals surface area contributed by atoms with Crippen LogP contribution in [-0.2, 0) is 0 Å². The Bertz CT molecular complexity index is 6070. The fourth-order valence-electron chi connectivity index (χ4n) is 17.0. The van der Waals surface area contributed by atoms with Crippen molar-refractivity contribution in [3.63, 3.8) is 0 Å². The molecule has 4 aliphatic rings. The molecule has 4 heterocycles. The molecule has 0 radical (unpaired) electrons. The molecule has 0 unspecified atom stereocenters. The molecule has 0 amide bonds. The van der Waals surface area contributed by atoms with E-state index in [0.29, 0.717) is 11.4 Å². The van der Waals surface area contributed by atoms with Gasteiger partial charge in [0.2, 0.25) is 6.71 Å². The van der Waals surface area contributed by atoms with Crippen LogP contribution in [0, 0.1) is 11.6 Å². The normalized spacial score (nSPS) is 12.7. The van der Waals surface area contributed by atoms with Crippen molar-refractivity contribution in [2.45, 2.75) is 9.79 Å². The van der Waals surface area contributed by atoms with Crippen LogP contribution in [0.5, 0.6) is 0 Å². The van der Waals surface area contributed by atoms with E-state index in [0.717, 1.165) is 150 Å². The first-order valence-electron chi connectivity index (χ1n) is 36.0. The average molecular weight is 1380 g/mol. The van der Waals surface area contributed by atoms with Gasteiger partial charge in [0, 0.05) is 83.2 Å². The first kappa shape index (κ1) is 62.6. The minimum Gasteiger partial charge on any atom is -0.311 e. The third-order valence-electron chi connectivity index (χ3n) is 21.4. The standard InChI is InChI=1S/C96H63B2F2N5S/c99-80-50-31-51-81(100)96(80)105-88-63-92-79(98-77-49-24-30-57-87(77)104(85-55-28-22-47-75(85)67-38-13-4-14-39-67)91-60-71(61-93(106-92)95(91)98)102(69-42-17-6-18-43-69)83-53-26-20-45-73(83)65-34-9-2-10-35-65)62-78(88)97-76-48-23-29-56-86(76)103(84-54-27-21-46-74(84)66-36-11-3-12-37-66)89-58-70(59-90(105)94(89)97)101(68-40-15-5-16-41-68)82-52-25-19-44-72(82)64-32-7-1-8-33-64/h1-63H. The largest absolute Gasteiger partial charge is 0.311 e. The zero-order valence-corrected chi connectivity index (χ0v) is 58.2. The second kappa shape index (κ2) is 26.0. The number of fused-ring (bicyclic) bond motifs is 8. The highest BCUT2D eigenvalue weighted by Gasteiger charge is 2.49. The Labute approximate surface area is 620 Å². The van der Waals surface area contributed by atoms with Gasteiger partial charge in [-0.2, -0.15) is 0 Å². The number of anilines is 15. The molecule has 0 bridgehead atoms.